The molecule has 0 atom stereocenters. The molecule has 3 rings (SSSR count). The van der Waals surface area contributed by atoms with Crippen molar-refractivity contribution >= 4 is 33.4 Å². The number of hydrogen-bond donors (Lipinski definition) is 1. The number of aromatic nitrogens is 1. The summed E-state index contributed by atoms with van der Waals surface area (Å²) in [7, 11) is 0. The van der Waals surface area contributed by atoms with Gasteiger partial charge in [0.25, 0.3) is 5.91 Å². The highest BCUT2D eigenvalue weighted by atomic mass is 79.9. The van der Waals surface area contributed by atoms with Crippen molar-refractivity contribution < 1.29 is 4.79 Å². The summed E-state index contributed by atoms with van der Waals surface area (Å²) in [6.07, 6.45) is 6.56. The van der Waals surface area contributed by atoms with Crippen molar-refractivity contribution in [1.82, 2.24) is 10.3 Å². The second kappa shape index (κ2) is 4.82. The van der Waals surface area contributed by atoms with Crippen molar-refractivity contribution in [3.63, 3.8) is 0 Å². The third kappa shape index (κ3) is 2.69. The summed E-state index contributed by atoms with van der Waals surface area (Å²) in [6.45, 7) is 0. The van der Waals surface area contributed by atoms with E-state index in [1.807, 2.05) is 0 Å². The summed E-state index contributed by atoms with van der Waals surface area (Å²) in [5.74, 6) is 1.33. The minimum absolute atomic E-state index is 0.0549. The molecule has 0 radical (unpaired) electrons. The number of carbonyl (C=O) groups is 1. The van der Waals surface area contributed by atoms with E-state index in [-0.39, 0.29) is 5.91 Å². The summed E-state index contributed by atoms with van der Waals surface area (Å²) in [4.78, 5) is 16.2. The number of halogens is 2. The maximum atomic E-state index is 12.2. The molecule has 1 aromatic rings. The zero-order valence-corrected chi connectivity index (χ0v) is 12.2. The molecule has 2 fully saturated rings. The maximum Gasteiger partial charge on any atom is 0.253 e. The first-order valence-corrected chi connectivity index (χ1v) is 7.44. The van der Waals surface area contributed by atoms with Crippen LogP contribution in [0.4, 0.5) is 0 Å². The van der Waals surface area contributed by atoms with E-state index in [1.165, 1.54) is 25.7 Å². The van der Waals surface area contributed by atoms with Crippen LogP contribution >= 0.6 is 27.5 Å². The van der Waals surface area contributed by atoms with Gasteiger partial charge in [0.15, 0.2) is 0 Å². The third-order valence-corrected chi connectivity index (χ3v) is 4.76. The van der Waals surface area contributed by atoms with E-state index in [9.17, 15) is 4.79 Å². The predicted molar refractivity (Wildman–Crippen MR) is 73.6 cm³/mol. The molecule has 2 aliphatic carbocycles. The Bertz CT molecular complexity index is 474. The van der Waals surface area contributed by atoms with Gasteiger partial charge in [0.05, 0.1) is 10.6 Å². The number of hydrogen-bond acceptors (Lipinski definition) is 2. The predicted octanol–water partition coefficient (Wildman–Crippen LogP) is 3.42. The van der Waals surface area contributed by atoms with Crippen molar-refractivity contribution in [2.75, 3.05) is 0 Å². The largest absolute Gasteiger partial charge is 0.349 e. The van der Waals surface area contributed by atoms with Crippen LogP contribution in [0.3, 0.4) is 0 Å². The molecule has 96 valence electrons. The number of carbonyl (C=O) groups excluding carboxylic acids is 1. The molecular formula is C13H14BrClN2O. The van der Waals surface area contributed by atoms with Crippen LogP contribution < -0.4 is 5.32 Å². The van der Waals surface area contributed by atoms with Crippen LogP contribution in [0, 0.1) is 11.8 Å². The summed E-state index contributed by atoms with van der Waals surface area (Å²) in [5, 5.41) is 3.62. The lowest BCUT2D eigenvalue weighted by Gasteiger charge is -2.17. The fourth-order valence-corrected chi connectivity index (χ4v) is 2.69. The van der Waals surface area contributed by atoms with E-state index in [1.54, 1.807) is 12.3 Å². The monoisotopic (exact) mass is 328 g/mol. The normalized spacial score (nSPS) is 19.1. The highest BCUT2D eigenvalue weighted by molar-refractivity contribution is 9.10. The molecule has 5 heteroatoms. The molecule has 1 aromatic heterocycles. The Hall–Kier alpha value is -0.610. The van der Waals surface area contributed by atoms with Gasteiger partial charge in [0.2, 0.25) is 0 Å². The van der Waals surface area contributed by atoms with E-state index < -0.39 is 0 Å². The van der Waals surface area contributed by atoms with Crippen LogP contribution in [0.5, 0.6) is 0 Å². The van der Waals surface area contributed by atoms with Gasteiger partial charge in [-0.1, -0.05) is 11.6 Å². The molecule has 0 spiro atoms. The topological polar surface area (TPSA) is 42.0 Å². The number of pyridine rings is 1. The van der Waals surface area contributed by atoms with Crippen molar-refractivity contribution in [2.45, 2.75) is 31.7 Å². The molecule has 1 heterocycles. The molecular weight excluding hydrogens is 316 g/mol. The molecule has 0 aromatic carbocycles. The maximum absolute atomic E-state index is 12.2. The first kappa shape index (κ1) is 12.4. The lowest BCUT2D eigenvalue weighted by molar-refractivity contribution is 0.0926. The van der Waals surface area contributed by atoms with Gasteiger partial charge < -0.3 is 5.32 Å². The smallest absolute Gasteiger partial charge is 0.253 e. The van der Waals surface area contributed by atoms with Crippen LogP contribution in [0.25, 0.3) is 0 Å². The highest BCUT2D eigenvalue weighted by Gasteiger charge is 2.42. The molecule has 0 bridgehead atoms. The first-order chi connectivity index (χ1) is 8.65. The molecule has 2 saturated carbocycles. The second-order valence-corrected chi connectivity index (χ2v) is 6.33. The molecule has 0 saturated heterocycles. The Labute approximate surface area is 119 Å². The third-order valence-electron chi connectivity index (χ3n) is 3.62. The average Bonchev–Trinajstić information content (AvgIpc) is 3.22. The molecule has 1 N–H and O–H groups in total. The quantitative estimate of drug-likeness (QED) is 0.860. The average molecular weight is 330 g/mol. The van der Waals surface area contributed by atoms with Crippen molar-refractivity contribution in [3.05, 3.63) is 27.5 Å². The zero-order valence-electron chi connectivity index (χ0n) is 9.83. The van der Waals surface area contributed by atoms with E-state index in [0.29, 0.717) is 33.1 Å². The lowest BCUT2D eigenvalue weighted by atomic mass is 10.1. The standard InChI is InChI=1S/C13H14BrClN2O/c14-12-10(15)5-9(6-16-12)13(18)17-11(7-1-2-7)8-3-4-8/h5-8,11H,1-4H2,(H,17,18). The van der Waals surface area contributed by atoms with Gasteiger partial charge >= 0.3 is 0 Å². The minimum atomic E-state index is -0.0549. The van der Waals surface area contributed by atoms with Crippen LogP contribution in [0.1, 0.15) is 36.0 Å². The first-order valence-electron chi connectivity index (χ1n) is 6.27. The van der Waals surface area contributed by atoms with E-state index in [2.05, 4.69) is 26.2 Å². The van der Waals surface area contributed by atoms with Gasteiger partial charge in [-0.05, 0) is 59.5 Å². The van der Waals surface area contributed by atoms with Crippen molar-refractivity contribution in [2.24, 2.45) is 11.8 Å². The lowest BCUT2D eigenvalue weighted by Crippen LogP contribution is -2.38. The van der Waals surface area contributed by atoms with Crippen LogP contribution in [-0.4, -0.2) is 16.9 Å². The summed E-state index contributed by atoms with van der Waals surface area (Å²) >= 11 is 9.18. The minimum Gasteiger partial charge on any atom is -0.349 e. The van der Waals surface area contributed by atoms with Crippen LogP contribution in [0.2, 0.25) is 5.02 Å². The Kier molecular flexibility index (Phi) is 3.32. The summed E-state index contributed by atoms with van der Waals surface area (Å²) < 4.78 is 0.571. The van der Waals surface area contributed by atoms with Gasteiger partial charge in [-0.15, -0.1) is 0 Å². The van der Waals surface area contributed by atoms with Crippen LogP contribution in [-0.2, 0) is 0 Å². The van der Waals surface area contributed by atoms with Gasteiger partial charge in [0.1, 0.15) is 4.60 Å². The number of nitrogens with zero attached hydrogens (tertiary/aromatic N) is 1. The Morgan fingerprint density at radius 2 is 2.00 bits per heavy atom. The fourth-order valence-electron chi connectivity index (χ4n) is 2.31. The van der Waals surface area contributed by atoms with Gasteiger partial charge in [0, 0.05) is 12.2 Å². The van der Waals surface area contributed by atoms with Crippen molar-refractivity contribution in [3.8, 4) is 0 Å². The van der Waals surface area contributed by atoms with Gasteiger partial charge in [-0.25, -0.2) is 4.98 Å². The van der Waals surface area contributed by atoms with E-state index >= 15 is 0 Å². The Morgan fingerprint density at radius 3 is 2.50 bits per heavy atom. The number of rotatable bonds is 4. The Balaban J connectivity index is 1.71. The molecule has 0 aliphatic heterocycles. The van der Waals surface area contributed by atoms with Crippen LogP contribution in [0.15, 0.2) is 16.9 Å². The van der Waals surface area contributed by atoms with E-state index in [4.69, 9.17) is 11.6 Å². The zero-order chi connectivity index (χ0) is 12.7. The molecule has 2 aliphatic rings. The number of nitrogens with one attached hydrogen (secondary N) is 1. The summed E-state index contributed by atoms with van der Waals surface area (Å²) in [6, 6.07) is 2.02. The van der Waals surface area contributed by atoms with Gasteiger partial charge in [-0.2, -0.15) is 0 Å². The second-order valence-electron chi connectivity index (χ2n) is 5.17. The molecule has 18 heavy (non-hydrogen) atoms. The highest BCUT2D eigenvalue weighted by Crippen LogP contribution is 2.44. The van der Waals surface area contributed by atoms with E-state index in [0.717, 1.165) is 0 Å². The number of amides is 1. The SMILES string of the molecule is O=C(NC(C1CC1)C1CC1)c1cnc(Br)c(Cl)c1. The molecule has 0 unspecified atom stereocenters. The summed E-state index contributed by atoms with van der Waals surface area (Å²) in [5.41, 5.74) is 0.537. The fraction of sp³-hybridized carbons (Fsp3) is 0.538. The molecule has 3 nitrogen and oxygen atoms in total. The molecule has 1 amide bonds. The Morgan fingerprint density at radius 1 is 1.39 bits per heavy atom. The van der Waals surface area contributed by atoms with Crippen molar-refractivity contribution in [1.29, 1.82) is 0 Å². The van der Waals surface area contributed by atoms with Gasteiger partial charge in [-0.3, -0.25) is 4.79 Å².